The molecule has 1 N–H and O–H groups in total. The quantitative estimate of drug-likeness (QED) is 0.760. The molecule has 0 aromatic carbocycles. The Balaban J connectivity index is 1.41. The van der Waals surface area contributed by atoms with Crippen LogP contribution in [0.1, 0.15) is 25.7 Å². The van der Waals surface area contributed by atoms with E-state index in [1.54, 1.807) is 0 Å². The number of piperidine rings is 1. The van der Waals surface area contributed by atoms with Gasteiger partial charge in [-0.3, -0.25) is 0 Å². The van der Waals surface area contributed by atoms with Crippen molar-refractivity contribution in [1.82, 2.24) is 10.2 Å². The fraction of sp³-hybridized carbons (Fsp3) is 0.923. The minimum Gasteiger partial charge on any atom is -0.376 e. The lowest BCUT2D eigenvalue weighted by atomic mass is 10.0. The topological polar surface area (TPSA) is 43.0 Å². The molecular weight excluding hydrogens is 264 g/mol. The Morgan fingerprint density at radius 2 is 1.95 bits per heavy atom. The predicted octanol–water partition coefficient (Wildman–Crippen LogP) is 0.879. The Morgan fingerprint density at radius 1 is 1.21 bits per heavy atom. The zero-order valence-corrected chi connectivity index (χ0v) is 12.0. The maximum Gasteiger partial charge on any atom is 0.171 e. The van der Waals surface area contributed by atoms with Gasteiger partial charge in [0.15, 0.2) is 10.9 Å². The van der Waals surface area contributed by atoms with Gasteiger partial charge in [0.2, 0.25) is 0 Å². The highest BCUT2D eigenvalue weighted by atomic mass is 32.1. The number of nitrogens with one attached hydrogen (secondary N) is 1. The lowest BCUT2D eigenvalue weighted by Crippen LogP contribution is -2.51. The summed E-state index contributed by atoms with van der Waals surface area (Å²) in [5.41, 5.74) is 0. The van der Waals surface area contributed by atoms with Crippen molar-refractivity contribution in [2.75, 3.05) is 39.5 Å². The second kappa shape index (κ2) is 5.91. The number of ether oxygens (including phenoxy) is 3. The van der Waals surface area contributed by atoms with E-state index in [9.17, 15) is 0 Å². The Hall–Kier alpha value is -0.430. The molecule has 5 nitrogen and oxygen atoms in total. The SMILES string of the molecule is S=C(NCC1CCCO1)N1CCC2(CC1)OCCO2. The molecule has 3 heterocycles. The predicted molar refractivity (Wildman–Crippen MR) is 75.0 cm³/mol. The summed E-state index contributed by atoms with van der Waals surface area (Å²) in [5, 5.41) is 4.16. The number of nitrogens with zero attached hydrogens (tertiary/aromatic N) is 1. The summed E-state index contributed by atoms with van der Waals surface area (Å²) in [6.07, 6.45) is 4.43. The summed E-state index contributed by atoms with van der Waals surface area (Å²) in [7, 11) is 0. The standard InChI is InChI=1S/C13H22N2O3S/c19-12(14-10-11-2-1-7-16-11)15-5-3-13(4-6-15)17-8-9-18-13/h11H,1-10H2,(H,14,19). The second-order valence-electron chi connectivity index (χ2n) is 5.42. The third-order valence-corrected chi connectivity index (χ3v) is 4.53. The summed E-state index contributed by atoms with van der Waals surface area (Å²) in [4.78, 5) is 2.21. The maximum absolute atomic E-state index is 5.72. The van der Waals surface area contributed by atoms with Gasteiger partial charge in [0.1, 0.15) is 0 Å². The van der Waals surface area contributed by atoms with Gasteiger partial charge in [-0.25, -0.2) is 0 Å². The van der Waals surface area contributed by atoms with Gasteiger partial charge in [0.05, 0.1) is 19.3 Å². The van der Waals surface area contributed by atoms with Crippen molar-refractivity contribution in [3.8, 4) is 0 Å². The molecule has 3 aliphatic rings. The smallest absolute Gasteiger partial charge is 0.171 e. The van der Waals surface area contributed by atoms with Crippen molar-refractivity contribution < 1.29 is 14.2 Å². The number of hydrogen-bond donors (Lipinski definition) is 1. The minimum atomic E-state index is -0.319. The molecule has 0 radical (unpaired) electrons. The third kappa shape index (κ3) is 3.18. The maximum atomic E-state index is 5.72. The largest absolute Gasteiger partial charge is 0.376 e. The zero-order chi connectivity index (χ0) is 13.1. The van der Waals surface area contributed by atoms with E-state index in [4.69, 9.17) is 26.4 Å². The van der Waals surface area contributed by atoms with E-state index in [0.717, 1.165) is 63.8 Å². The van der Waals surface area contributed by atoms with E-state index in [-0.39, 0.29) is 5.79 Å². The van der Waals surface area contributed by atoms with Crippen molar-refractivity contribution in [1.29, 1.82) is 0 Å². The molecule has 108 valence electrons. The van der Waals surface area contributed by atoms with Crippen LogP contribution >= 0.6 is 12.2 Å². The lowest BCUT2D eigenvalue weighted by Gasteiger charge is -2.38. The van der Waals surface area contributed by atoms with Gasteiger partial charge >= 0.3 is 0 Å². The van der Waals surface area contributed by atoms with Crippen LogP contribution in [0.5, 0.6) is 0 Å². The lowest BCUT2D eigenvalue weighted by molar-refractivity contribution is -0.180. The highest BCUT2D eigenvalue weighted by Gasteiger charge is 2.40. The summed E-state index contributed by atoms with van der Waals surface area (Å²) in [6.45, 7) is 4.96. The molecule has 3 aliphatic heterocycles. The Bertz CT molecular complexity index is 318. The van der Waals surface area contributed by atoms with Crippen LogP contribution < -0.4 is 5.32 Å². The normalized spacial score (nSPS) is 29.9. The first-order valence-electron chi connectivity index (χ1n) is 7.20. The first-order valence-corrected chi connectivity index (χ1v) is 7.61. The van der Waals surface area contributed by atoms with E-state index < -0.39 is 0 Å². The van der Waals surface area contributed by atoms with E-state index in [2.05, 4.69) is 10.2 Å². The summed E-state index contributed by atoms with van der Waals surface area (Å²) >= 11 is 5.45. The number of rotatable bonds is 2. The van der Waals surface area contributed by atoms with Crippen LogP contribution in [-0.4, -0.2) is 61.4 Å². The van der Waals surface area contributed by atoms with Gasteiger partial charge in [-0.1, -0.05) is 0 Å². The Morgan fingerprint density at radius 3 is 2.58 bits per heavy atom. The molecule has 0 aromatic heterocycles. The minimum absolute atomic E-state index is 0.319. The first kappa shape index (κ1) is 13.5. The van der Waals surface area contributed by atoms with Crippen molar-refractivity contribution >= 4 is 17.3 Å². The molecule has 0 saturated carbocycles. The van der Waals surface area contributed by atoms with Crippen LogP contribution in [0.3, 0.4) is 0 Å². The van der Waals surface area contributed by atoms with Gasteiger partial charge in [0.25, 0.3) is 0 Å². The summed E-state index contributed by atoms with van der Waals surface area (Å²) in [6, 6.07) is 0. The number of thiocarbonyl (C=S) groups is 1. The van der Waals surface area contributed by atoms with Crippen molar-refractivity contribution in [3.05, 3.63) is 0 Å². The van der Waals surface area contributed by atoms with E-state index in [1.807, 2.05) is 0 Å². The van der Waals surface area contributed by atoms with Crippen molar-refractivity contribution in [2.45, 2.75) is 37.6 Å². The van der Waals surface area contributed by atoms with Crippen LogP contribution in [0, 0.1) is 0 Å². The molecule has 3 saturated heterocycles. The van der Waals surface area contributed by atoms with Crippen molar-refractivity contribution in [3.63, 3.8) is 0 Å². The molecule has 0 amide bonds. The fourth-order valence-electron chi connectivity index (χ4n) is 2.95. The van der Waals surface area contributed by atoms with E-state index in [1.165, 1.54) is 6.42 Å². The summed E-state index contributed by atoms with van der Waals surface area (Å²) < 4.78 is 17.0. The molecule has 6 heteroatoms. The van der Waals surface area contributed by atoms with Gasteiger partial charge in [-0.2, -0.15) is 0 Å². The monoisotopic (exact) mass is 286 g/mol. The second-order valence-corrected chi connectivity index (χ2v) is 5.80. The molecular formula is C13H22N2O3S. The molecule has 0 aliphatic carbocycles. The third-order valence-electron chi connectivity index (χ3n) is 4.13. The van der Waals surface area contributed by atoms with Crippen LogP contribution in [0.15, 0.2) is 0 Å². The number of likely N-dealkylation sites (tertiary alicyclic amines) is 1. The summed E-state index contributed by atoms with van der Waals surface area (Å²) in [5.74, 6) is -0.319. The highest BCUT2D eigenvalue weighted by Crippen LogP contribution is 2.31. The zero-order valence-electron chi connectivity index (χ0n) is 11.2. The van der Waals surface area contributed by atoms with Gasteiger partial charge in [-0.05, 0) is 25.1 Å². The van der Waals surface area contributed by atoms with Crippen LogP contribution in [0.2, 0.25) is 0 Å². The molecule has 19 heavy (non-hydrogen) atoms. The first-order chi connectivity index (χ1) is 9.27. The van der Waals surface area contributed by atoms with Crippen LogP contribution in [0.25, 0.3) is 0 Å². The average molecular weight is 286 g/mol. The van der Waals surface area contributed by atoms with Crippen LogP contribution in [0.4, 0.5) is 0 Å². The van der Waals surface area contributed by atoms with Crippen LogP contribution in [-0.2, 0) is 14.2 Å². The number of hydrogen-bond acceptors (Lipinski definition) is 4. The molecule has 0 aromatic rings. The van der Waals surface area contributed by atoms with Gasteiger partial charge < -0.3 is 24.4 Å². The Labute approximate surface area is 119 Å². The molecule has 1 spiro atoms. The Kier molecular flexibility index (Phi) is 4.21. The molecule has 1 unspecified atom stereocenters. The van der Waals surface area contributed by atoms with Gasteiger partial charge in [0, 0.05) is 39.1 Å². The van der Waals surface area contributed by atoms with Gasteiger partial charge in [-0.15, -0.1) is 0 Å². The van der Waals surface area contributed by atoms with E-state index in [0.29, 0.717) is 6.10 Å². The average Bonchev–Trinajstić information content (AvgIpc) is 3.09. The molecule has 3 rings (SSSR count). The molecule has 0 bridgehead atoms. The van der Waals surface area contributed by atoms with E-state index >= 15 is 0 Å². The highest BCUT2D eigenvalue weighted by molar-refractivity contribution is 7.80. The molecule has 1 atom stereocenters. The fourth-order valence-corrected chi connectivity index (χ4v) is 3.22. The van der Waals surface area contributed by atoms with Crippen molar-refractivity contribution in [2.24, 2.45) is 0 Å². The molecule has 3 fully saturated rings.